The predicted molar refractivity (Wildman–Crippen MR) is 68.4 cm³/mol. The molecule has 0 fully saturated rings. The fourth-order valence-electron chi connectivity index (χ4n) is 1.32. The Morgan fingerprint density at radius 2 is 2.31 bits per heavy atom. The van der Waals surface area contributed by atoms with E-state index in [4.69, 9.17) is 5.73 Å². The Hall–Kier alpha value is 0.230. The van der Waals surface area contributed by atoms with Gasteiger partial charge < -0.3 is 5.73 Å². The summed E-state index contributed by atoms with van der Waals surface area (Å²) in [6.45, 7) is 7.81. The first-order chi connectivity index (χ1) is 6.20. The van der Waals surface area contributed by atoms with Crippen molar-refractivity contribution in [1.29, 1.82) is 0 Å². The molecule has 0 saturated heterocycles. The van der Waals surface area contributed by atoms with Crippen LogP contribution in [0.4, 0.5) is 0 Å². The van der Waals surface area contributed by atoms with Gasteiger partial charge in [0.2, 0.25) is 0 Å². The second kappa shape index (κ2) is 8.81. The maximum absolute atomic E-state index is 5.67. The Morgan fingerprint density at radius 3 is 2.77 bits per heavy atom. The molecular formula is C10H21IN2. The summed E-state index contributed by atoms with van der Waals surface area (Å²) in [5.74, 6) is 0.628. The summed E-state index contributed by atoms with van der Waals surface area (Å²) in [5, 5.41) is 0. The van der Waals surface area contributed by atoms with E-state index < -0.39 is 0 Å². The molecule has 0 aliphatic rings. The van der Waals surface area contributed by atoms with Crippen LogP contribution in [0.1, 0.15) is 26.2 Å². The second-order valence-corrected chi connectivity index (χ2v) is 5.06. The molecule has 0 saturated carbocycles. The molecule has 1 atom stereocenters. The van der Waals surface area contributed by atoms with Crippen molar-refractivity contribution in [3.8, 4) is 0 Å². The highest BCUT2D eigenvalue weighted by molar-refractivity contribution is 14.2. The van der Waals surface area contributed by atoms with E-state index in [-0.39, 0.29) is 21.0 Å². The van der Waals surface area contributed by atoms with Gasteiger partial charge in [-0.3, -0.25) is 3.15 Å². The normalized spacial score (nSPS) is 14.1. The summed E-state index contributed by atoms with van der Waals surface area (Å²) in [6.07, 6.45) is 3.48. The highest BCUT2D eigenvalue weighted by Gasteiger charge is 2.05. The molecule has 2 N–H and O–H groups in total. The van der Waals surface area contributed by atoms with E-state index in [1.807, 2.05) is 0 Å². The van der Waals surface area contributed by atoms with Crippen LogP contribution in [-0.4, -0.2) is 18.0 Å². The first kappa shape index (κ1) is 13.2. The zero-order chi connectivity index (χ0) is 10.1. The lowest BCUT2D eigenvalue weighted by atomic mass is 9.96. The maximum Gasteiger partial charge on any atom is 0.0444 e. The molecule has 0 rings (SSSR count). The quantitative estimate of drug-likeness (QED) is 0.333. The largest absolute Gasteiger partial charge is 0.330 e. The molecule has 13 heavy (non-hydrogen) atoms. The number of rotatable bonds is 7. The molecular weight excluding hydrogens is 275 g/mol. The molecule has 0 amide bonds. The minimum absolute atomic E-state index is 0.129. The monoisotopic (exact) mass is 296 g/mol. The van der Waals surface area contributed by atoms with E-state index in [0.717, 1.165) is 19.5 Å². The standard InChI is InChI=1S/C10H21IN2/c1-9(2)7-10(8-12)5-4-6-13-11-3/h10H,1,4-8,12H2,2-3H3. The van der Waals surface area contributed by atoms with Crippen molar-refractivity contribution in [2.75, 3.05) is 18.0 Å². The molecule has 0 radical (unpaired) electrons. The van der Waals surface area contributed by atoms with Crippen LogP contribution in [-0.2, 0) is 0 Å². The smallest absolute Gasteiger partial charge is 0.0444 e. The molecule has 0 aromatic carbocycles. The van der Waals surface area contributed by atoms with E-state index in [1.165, 1.54) is 18.4 Å². The summed E-state index contributed by atoms with van der Waals surface area (Å²) in [6, 6.07) is 0. The van der Waals surface area contributed by atoms with E-state index in [1.54, 1.807) is 0 Å². The molecule has 0 heterocycles. The number of alkyl halides is 1. The topological polar surface area (TPSA) is 38.4 Å². The average molecular weight is 296 g/mol. The van der Waals surface area contributed by atoms with E-state index in [2.05, 4.69) is 21.6 Å². The predicted octanol–water partition coefficient (Wildman–Crippen LogP) is 3.09. The van der Waals surface area contributed by atoms with Crippen molar-refractivity contribution in [3.63, 3.8) is 0 Å². The average Bonchev–Trinajstić information content (AvgIpc) is 2.09. The van der Waals surface area contributed by atoms with Crippen molar-refractivity contribution >= 4 is 21.0 Å². The van der Waals surface area contributed by atoms with Crippen LogP contribution in [0.2, 0.25) is 0 Å². The first-order valence-electron chi connectivity index (χ1n) is 4.70. The number of hydrogen-bond acceptors (Lipinski definition) is 2. The van der Waals surface area contributed by atoms with Crippen molar-refractivity contribution < 1.29 is 0 Å². The molecule has 0 aromatic heterocycles. The van der Waals surface area contributed by atoms with Crippen molar-refractivity contribution in [2.45, 2.75) is 26.2 Å². The molecule has 0 aliphatic carbocycles. The Bertz CT molecular complexity index is 166. The van der Waals surface area contributed by atoms with Gasteiger partial charge in [0.15, 0.2) is 0 Å². The van der Waals surface area contributed by atoms with Gasteiger partial charge in [-0.15, -0.1) is 6.58 Å². The van der Waals surface area contributed by atoms with Crippen LogP contribution in [0.25, 0.3) is 0 Å². The van der Waals surface area contributed by atoms with Gasteiger partial charge in [-0.25, -0.2) is 0 Å². The highest BCUT2D eigenvalue weighted by Crippen LogP contribution is 2.14. The van der Waals surface area contributed by atoms with Gasteiger partial charge in [0.1, 0.15) is 0 Å². The van der Waals surface area contributed by atoms with Crippen LogP contribution >= 0.6 is 21.0 Å². The summed E-state index contributed by atoms with van der Waals surface area (Å²) < 4.78 is 4.40. The first-order valence-corrected chi connectivity index (χ1v) is 7.83. The number of nitrogens with two attached hydrogens (primary N) is 1. The number of nitrogens with zero attached hydrogens (tertiary/aromatic N) is 1. The third-order valence-electron chi connectivity index (χ3n) is 1.94. The summed E-state index contributed by atoms with van der Waals surface area (Å²) in [4.78, 5) is 2.19. The van der Waals surface area contributed by atoms with Gasteiger partial charge >= 0.3 is 0 Å². The third kappa shape index (κ3) is 8.56. The molecule has 2 nitrogen and oxygen atoms in total. The summed E-state index contributed by atoms with van der Waals surface area (Å²) in [5.41, 5.74) is 6.92. The summed E-state index contributed by atoms with van der Waals surface area (Å²) >= 11 is 0.129. The van der Waals surface area contributed by atoms with Crippen molar-refractivity contribution in [2.24, 2.45) is 14.8 Å². The molecule has 0 aromatic rings. The van der Waals surface area contributed by atoms with E-state index >= 15 is 0 Å². The van der Waals surface area contributed by atoms with Crippen LogP contribution in [0.15, 0.2) is 15.3 Å². The van der Waals surface area contributed by atoms with Crippen LogP contribution in [0.5, 0.6) is 0 Å². The number of halogens is 1. The minimum Gasteiger partial charge on any atom is -0.330 e. The van der Waals surface area contributed by atoms with Gasteiger partial charge in [-0.05, 0) is 64.6 Å². The van der Waals surface area contributed by atoms with Gasteiger partial charge in [-0.1, -0.05) is 5.57 Å². The van der Waals surface area contributed by atoms with Gasteiger partial charge in [0, 0.05) is 6.54 Å². The number of allylic oxidation sites excluding steroid dienone is 1. The van der Waals surface area contributed by atoms with Crippen molar-refractivity contribution in [3.05, 3.63) is 12.2 Å². The van der Waals surface area contributed by atoms with Crippen LogP contribution in [0.3, 0.4) is 0 Å². The maximum atomic E-state index is 5.67. The molecule has 78 valence electrons. The minimum atomic E-state index is 0.129. The van der Waals surface area contributed by atoms with E-state index in [9.17, 15) is 0 Å². The molecule has 1 unspecified atom stereocenters. The zero-order valence-electron chi connectivity index (χ0n) is 8.72. The van der Waals surface area contributed by atoms with Crippen molar-refractivity contribution in [1.82, 2.24) is 0 Å². The fourth-order valence-corrected chi connectivity index (χ4v) is 2.14. The summed E-state index contributed by atoms with van der Waals surface area (Å²) in [7, 11) is 0. The Balaban J connectivity index is 3.53. The third-order valence-corrected chi connectivity index (χ3v) is 3.11. The molecule has 0 spiro atoms. The fraction of sp³-hybridized carbons (Fsp3) is 0.800. The van der Waals surface area contributed by atoms with Gasteiger partial charge in [0.05, 0.1) is 0 Å². The molecule has 0 aliphatic heterocycles. The Kier molecular flexibility index (Phi) is 8.97. The van der Waals surface area contributed by atoms with Crippen LogP contribution in [0, 0.1) is 5.92 Å². The van der Waals surface area contributed by atoms with Gasteiger partial charge in [0.25, 0.3) is 0 Å². The van der Waals surface area contributed by atoms with Crippen LogP contribution < -0.4 is 5.73 Å². The number of hydrogen-bond donors (Lipinski definition) is 1. The SMILES string of the molecule is C=C(C)CC(CN)CCCN=IC. The zero-order valence-corrected chi connectivity index (χ0v) is 10.9. The molecule has 0 bridgehead atoms. The Morgan fingerprint density at radius 1 is 1.62 bits per heavy atom. The van der Waals surface area contributed by atoms with Gasteiger partial charge in [-0.2, -0.15) is 0 Å². The molecule has 3 heteroatoms. The Labute approximate surface area is 92.1 Å². The lowest BCUT2D eigenvalue weighted by Crippen LogP contribution is -2.14. The van der Waals surface area contributed by atoms with E-state index in [0.29, 0.717) is 5.92 Å². The lowest BCUT2D eigenvalue weighted by Gasteiger charge is -2.13. The lowest BCUT2D eigenvalue weighted by molar-refractivity contribution is 0.479. The highest BCUT2D eigenvalue weighted by atomic mass is 127. The second-order valence-electron chi connectivity index (χ2n) is 3.42.